The molecule has 1 atom stereocenters. The number of hydrogen-bond acceptors (Lipinski definition) is 4. The summed E-state index contributed by atoms with van der Waals surface area (Å²) < 4.78 is 5.44. The molecular weight excluding hydrogens is 290 g/mol. The van der Waals surface area contributed by atoms with Crippen LogP contribution < -0.4 is 5.32 Å². The number of amides is 1. The van der Waals surface area contributed by atoms with E-state index < -0.39 is 5.60 Å². The molecule has 2 aliphatic rings. The molecular formula is C18H35N3O2. The van der Waals surface area contributed by atoms with Crippen LogP contribution in [-0.2, 0) is 4.74 Å². The maximum Gasteiger partial charge on any atom is 0.410 e. The quantitative estimate of drug-likeness (QED) is 0.844. The summed E-state index contributed by atoms with van der Waals surface area (Å²) in [7, 11) is 0. The molecule has 5 nitrogen and oxygen atoms in total. The van der Waals surface area contributed by atoms with Crippen LogP contribution in [0.2, 0.25) is 0 Å². The Balaban J connectivity index is 1.60. The van der Waals surface area contributed by atoms with Crippen molar-refractivity contribution in [3.63, 3.8) is 0 Å². The van der Waals surface area contributed by atoms with Crippen molar-refractivity contribution in [3.05, 3.63) is 0 Å². The van der Waals surface area contributed by atoms with Gasteiger partial charge in [0.05, 0.1) is 0 Å². The fourth-order valence-corrected chi connectivity index (χ4v) is 3.55. The molecule has 1 amide bonds. The summed E-state index contributed by atoms with van der Waals surface area (Å²) >= 11 is 0. The molecule has 1 aliphatic heterocycles. The molecule has 1 saturated carbocycles. The molecule has 1 saturated heterocycles. The van der Waals surface area contributed by atoms with Crippen LogP contribution in [-0.4, -0.2) is 66.8 Å². The van der Waals surface area contributed by atoms with E-state index in [2.05, 4.69) is 17.1 Å². The first kappa shape index (κ1) is 18.5. The molecule has 5 heteroatoms. The number of ether oxygens (including phenoxy) is 1. The van der Waals surface area contributed by atoms with E-state index in [1.807, 2.05) is 25.7 Å². The summed E-state index contributed by atoms with van der Waals surface area (Å²) in [5.74, 6) is 0.874. The van der Waals surface area contributed by atoms with Gasteiger partial charge in [0.15, 0.2) is 0 Å². The predicted octanol–water partition coefficient (Wildman–Crippen LogP) is 2.71. The largest absolute Gasteiger partial charge is 0.444 e. The predicted molar refractivity (Wildman–Crippen MR) is 93.7 cm³/mol. The third-order valence-electron chi connectivity index (χ3n) is 5.03. The zero-order valence-electron chi connectivity index (χ0n) is 15.4. The van der Waals surface area contributed by atoms with Gasteiger partial charge in [-0.05, 0) is 46.5 Å². The van der Waals surface area contributed by atoms with Crippen LogP contribution in [0, 0.1) is 5.92 Å². The van der Waals surface area contributed by atoms with Crippen molar-refractivity contribution in [2.75, 3.05) is 39.3 Å². The van der Waals surface area contributed by atoms with Crippen LogP contribution in [0.25, 0.3) is 0 Å². The average molecular weight is 325 g/mol. The van der Waals surface area contributed by atoms with Crippen LogP contribution in [0.5, 0.6) is 0 Å². The number of nitrogens with zero attached hydrogens (tertiary/aromatic N) is 2. The zero-order valence-corrected chi connectivity index (χ0v) is 15.4. The third-order valence-corrected chi connectivity index (χ3v) is 5.03. The number of hydrogen-bond donors (Lipinski definition) is 1. The Bertz CT molecular complexity index is 367. The zero-order chi connectivity index (χ0) is 16.9. The number of carbonyl (C=O) groups excluding carboxylic acids is 1. The minimum absolute atomic E-state index is 0.176. The molecule has 1 N–H and O–H groups in total. The van der Waals surface area contributed by atoms with Gasteiger partial charge in [0.25, 0.3) is 0 Å². The van der Waals surface area contributed by atoms with Crippen molar-refractivity contribution in [2.45, 2.75) is 65.0 Å². The molecule has 0 radical (unpaired) electrons. The minimum atomic E-state index is -0.408. The van der Waals surface area contributed by atoms with Crippen molar-refractivity contribution in [1.29, 1.82) is 0 Å². The van der Waals surface area contributed by atoms with E-state index in [9.17, 15) is 4.79 Å². The van der Waals surface area contributed by atoms with Gasteiger partial charge in [-0.25, -0.2) is 4.79 Å². The first-order valence-corrected chi connectivity index (χ1v) is 9.29. The van der Waals surface area contributed by atoms with Crippen LogP contribution in [0.1, 0.15) is 53.4 Å². The Kier molecular flexibility index (Phi) is 6.72. The molecule has 1 aliphatic carbocycles. The molecule has 0 spiro atoms. The Hall–Kier alpha value is -0.810. The van der Waals surface area contributed by atoms with E-state index >= 15 is 0 Å². The summed E-state index contributed by atoms with van der Waals surface area (Å²) in [5.41, 5.74) is -0.408. The van der Waals surface area contributed by atoms with Gasteiger partial charge >= 0.3 is 6.09 Å². The second kappa shape index (κ2) is 8.34. The topological polar surface area (TPSA) is 44.8 Å². The molecule has 0 aromatic rings. The average Bonchev–Trinajstić information content (AvgIpc) is 3.00. The van der Waals surface area contributed by atoms with Crippen LogP contribution in [0.15, 0.2) is 0 Å². The highest BCUT2D eigenvalue weighted by atomic mass is 16.6. The van der Waals surface area contributed by atoms with Gasteiger partial charge in [-0.2, -0.15) is 0 Å². The van der Waals surface area contributed by atoms with Gasteiger partial charge in [-0.1, -0.05) is 12.8 Å². The van der Waals surface area contributed by atoms with Gasteiger partial charge < -0.3 is 15.0 Å². The van der Waals surface area contributed by atoms with E-state index in [0.29, 0.717) is 6.04 Å². The van der Waals surface area contributed by atoms with Gasteiger partial charge in [-0.15, -0.1) is 0 Å². The molecule has 134 valence electrons. The maximum atomic E-state index is 12.0. The second-order valence-electron chi connectivity index (χ2n) is 8.10. The number of nitrogens with one attached hydrogen (secondary N) is 1. The van der Waals surface area contributed by atoms with Crippen LogP contribution in [0.4, 0.5) is 4.79 Å². The Morgan fingerprint density at radius 2 is 1.78 bits per heavy atom. The summed E-state index contributed by atoms with van der Waals surface area (Å²) in [6, 6.07) is 0.639. The van der Waals surface area contributed by atoms with E-state index in [-0.39, 0.29) is 6.09 Å². The van der Waals surface area contributed by atoms with Crippen LogP contribution >= 0.6 is 0 Å². The fraction of sp³-hybridized carbons (Fsp3) is 0.944. The van der Waals surface area contributed by atoms with Gasteiger partial charge in [0, 0.05) is 45.3 Å². The van der Waals surface area contributed by atoms with E-state index in [1.54, 1.807) is 0 Å². The summed E-state index contributed by atoms with van der Waals surface area (Å²) in [4.78, 5) is 16.3. The van der Waals surface area contributed by atoms with E-state index in [4.69, 9.17) is 4.74 Å². The number of rotatable bonds is 5. The minimum Gasteiger partial charge on any atom is -0.444 e. The van der Waals surface area contributed by atoms with Crippen molar-refractivity contribution in [1.82, 2.24) is 15.1 Å². The Labute approximate surface area is 141 Å². The molecule has 2 fully saturated rings. The Morgan fingerprint density at radius 1 is 1.17 bits per heavy atom. The second-order valence-corrected chi connectivity index (χ2v) is 8.10. The van der Waals surface area contributed by atoms with Crippen LogP contribution in [0.3, 0.4) is 0 Å². The van der Waals surface area contributed by atoms with E-state index in [1.165, 1.54) is 25.7 Å². The summed E-state index contributed by atoms with van der Waals surface area (Å²) in [6.07, 6.45) is 5.42. The monoisotopic (exact) mass is 325 g/mol. The molecule has 0 aromatic heterocycles. The fourth-order valence-electron chi connectivity index (χ4n) is 3.55. The highest BCUT2D eigenvalue weighted by Gasteiger charge is 2.26. The lowest BCUT2D eigenvalue weighted by Gasteiger charge is -2.35. The molecule has 1 unspecified atom stereocenters. The van der Waals surface area contributed by atoms with Crippen molar-refractivity contribution >= 4 is 6.09 Å². The normalized spacial score (nSPS) is 22.3. The van der Waals surface area contributed by atoms with Crippen molar-refractivity contribution in [3.8, 4) is 0 Å². The highest BCUT2D eigenvalue weighted by Crippen LogP contribution is 2.27. The molecule has 0 bridgehead atoms. The summed E-state index contributed by atoms with van der Waals surface area (Å²) in [5, 5.41) is 3.69. The van der Waals surface area contributed by atoms with E-state index in [0.717, 1.165) is 45.2 Å². The maximum absolute atomic E-state index is 12.0. The van der Waals surface area contributed by atoms with Gasteiger partial charge in [0.1, 0.15) is 5.60 Å². The lowest BCUT2D eigenvalue weighted by molar-refractivity contribution is 0.0146. The lowest BCUT2D eigenvalue weighted by atomic mass is 10.00. The molecule has 2 rings (SSSR count). The molecule has 23 heavy (non-hydrogen) atoms. The first-order valence-electron chi connectivity index (χ1n) is 9.29. The number of piperazine rings is 1. The first-order chi connectivity index (χ1) is 10.8. The lowest BCUT2D eigenvalue weighted by Crippen LogP contribution is -2.51. The van der Waals surface area contributed by atoms with Crippen molar-refractivity contribution < 1.29 is 9.53 Å². The smallest absolute Gasteiger partial charge is 0.410 e. The summed E-state index contributed by atoms with van der Waals surface area (Å²) in [6.45, 7) is 13.6. The Morgan fingerprint density at radius 3 is 2.35 bits per heavy atom. The SMILES string of the molecule is CC(NCCN1CCN(C(=O)OC(C)(C)C)CC1)C1CCCC1. The standard InChI is InChI=1S/C18H35N3O2/c1-15(16-7-5-6-8-16)19-9-10-20-11-13-21(14-12-20)17(22)23-18(2,3)4/h15-16,19H,5-14H2,1-4H3. The van der Waals surface area contributed by atoms with Gasteiger partial charge in [0.2, 0.25) is 0 Å². The molecule has 0 aromatic carbocycles. The number of carbonyl (C=O) groups is 1. The third kappa shape index (κ3) is 6.30. The van der Waals surface area contributed by atoms with Crippen molar-refractivity contribution in [2.24, 2.45) is 5.92 Å². The highest BCUT2D eigenvalue weighted by molar-refractivity contribution is 5.68. The molecule has 1 heterocycles. The van der Waals surface area contributed by atoms with Gasteiger partial charge in [-0.3, -0.25) is 4.90 Å².